The molecule has 148 valence electrons. The maximum Gasteiger partial charge on any atom is 0.338 e. The van der Waals surface area contributed by atoms with E-state index in [0.717, 1.165) is 12.1 Å². The molecule has 9 heteroatoms. The summed E-state index contributed by atoms with van der Waals surface area (Å²) in [5, 5.41) is 18.0. The average Bonchev–Trinajstić information content (AvgIpc) is 2.65. The van der Waals surface area contributed by atoms with Crippen LogP contribution in [0.15, 0.2) is 18.2 Å². The van der Waals surface area contributed by atoms with Crippen molar-refractivity contribution in [2.45, 2.75) is 20.3 Å². The average molecular weight is 382 g/mol. The van der Waals surface area contributed by atoms with E-state index in [2.05, 4.69) is 0 Å². The van der Waals surface area contributed by atoms with E-state index in [4.69, 9.17) is 24.4 Å². The van der Waals surface area contributed by atoms with Gasteiger partial charge in [0.15, 0.2) is 0 Å². The van der Waals surface area contributed by atoms with Crippen LogP contribution in [0.4, 0.5) is 0 Å². The van der Waals surface area contributed by atoms with Crippen molar-refractivity contribution in [1.82, 2.24) is 0 Å². The van der Waals surface area contributed by atoms with Gasteiger partial charge in [-0.05, 0) is 31.5 Å². The van der Waals surface area contributed by atoms with E-state index < -0.39 is 40.4 Å². The van der Waals surface area contributed by atoms with E-state index in [1.807, 2.05) is 6.92 Å². The number of carbonyl (C=O) groups is 4. The van der Waals surface area contributed by atoms with Gasteiger partial charge in [-0.25, -0.2) is 14.4 Å². The zero-order valence-electron chi connectivity index (χ0n) is 15.3. The number of ether oxygens (including phenoxy) is 3. The Balaban J connectivity index is 2.61. The van der Waals surface area contributed by atoms with Crippen molar-refractivity contribution >= 4 is 23.9 Å². The molecular formula is C18H22O9. The van der Waals surface area contributed by atoms with Gasteiger partial charge in [0.2, 0.25) is 0 Å². The number of carboxylic acids is 2. The molecule has 0 saturated heterocycles. The molecule has 1 unspecified atom stereocenters. The molecule has 0 aromatic heterocycles. The normalized spacial score (nSPS) is 12.7. The van der Waals surface area contributed by atoms with E-state index >= 15 is 0 Å². The highest BCUT2D eigenvalue weighted by atomic mass is 16.6. The van der Waals surface area contributed by atoms with Gasteiger partial charge in [0.05, 0.1) is 42.4 Å². The number of hydrogen-bond donors (Lipinski definition) is 2. The SMILES string of the molecule is CCC(C)(COCCOC(=O)c1ccc(C(=O)O)c(C(=O)O)c1)C(=O)OC. The highest BCUT2D eigenvalue weighted by molar-refractivity contribution is 6.03. The highest BCUT2D eigenvalue weighted by Gasteiger charge is 2.32. The molecule has 0 aliphatic heterocycles. The number of esters is 2. The first-order valence-corrected chi connectivity index (χ1v) is 8.10. The van der Waals surface area contributed by atoms with E-state index in [9.17, 15) is 19.2 Å². The number of hydrogen-bond acceptors (Lipinski definition) is 7. The summed E-state index contributed by atoms with van der Waals surface area (Å²) in [5.74, 6) is -4.09. The first-order chi connectivity index (χ1) is 12.7. The van der Waals surface area contributed by atoms with Gasteiger partial charge in [0.25, 0.3) is 0 Å². The van der Waals surface area contributed by atoms with Crippen LogP contribution in [0.25, 0.3) is 0 Å². The van der Waals surface area contributed by atoms with Gasteiger partial charge in [-0.1, -0.05) is 6.92 Å². The summed E-state index contributed by atoms with van der Waals surface area (Å²) < 4.78 is 15.1. The summed E-state index contributed by atoms with van der Waals surface area (Å²) in [6, 6.07) is 3.15. The smallest absolute Gasteiger partial charge is 0.338 e. The fraction of sp³-hybridized carbons (Fsp3) is 0.444. The van der Waals surface area contributed by atoms with Crippen LogP contribution in [0.5, 0.6) is 0 Å². The zero-order valence-corrected chi connectivity index (χ0v) is 15.3. The van der Waals surface area contributed by atoms with E-state index in [0.29, 0.717) is 6.42 Å². The Morgan fingerprint density at radius 3 is 2.19 bits per heavy atom. The Morgan fingerprint density at radius 1 is 1.04 bits per heavy atom. The molecular weight excluding hydrogens is 360 g/mol. The van der Waals surface area contributed by atoms with Crippen molar-refractivity contribution in [3.63, 3.8) is 0 Å². The Labute approximate surface area is 155 Å². The van der Waals surface area contributed by atoms with Gasteiger partial charge in [0.1, 0.15) is 6.61 Å². The van der Waals surface area contributed by atoms with Gasteiger partial charge >= 0.3 is 23.9 Å². The summed E-state index contributed by atoms with van der Waals surface area (Å²) in [5.41, 5.74) is -1.83. The molecule has 0 bridgehead atoms. The molecule has 0 heterocycles. The number of rotatable bonds is 10. The molecule has 0 saturated carbocycles. The fourth-order valence-electron chi connectivity index (χ4n) is 2.16. The Bertz CT molecular complexity index is 726. The standard InChI is InChI=1S/C18H22O9/c1-4-18(2,17(24)25-3)10-26-7-8-27-16(23)11-5-6-12(14(19)20)13(9-11)15(21)22/h5-6,9H,4,7-8,10H2,1-3H3,(H,19,20)(H,21,22). The molecule has 0 fully saturated rings. The van der Waals surface area contributed by atoms with Crippen molar-refractivity contribution < 1.29 is 43.6 Å². The molecule has 27 heavy (non-hydrogen) atoms. The van der Waals surface area contributed by atoms with Crippen LogP contribution in [0.1, 0.15) is 51.3 Å². The monoisotopic (exact) mass is 382 g/mol. The third-order valence-corrected chi connectivity index (χ3v) is 4.06. The number of methoxy groups -OCH3 is 1. The molecule has 9 nitrogen and oxygen atoms in total. The lowest BCUT2D eigenvalue weighted by molar-refractivity contribution is -0.156. The number of benzene rings is 1. The van der Waals surface area contributed by atoms with Crippen molar-refractivity contribution in [3.05, 3.63) is 34.9 Å². The summed E-state index contributed by atoms with van der Waals surface area (Å²) in [6.07, 6.45) is 0.507. The topological polar surface area (TPSA) is 136 Å². The predicted octanol–water partition coefficient (Wildman–Crippen LogP) is 1.85. The van der Waals surface area contributed by atoms with Crippen molar-refractivity contribution in [2.75, 3.05) is 26.9 Å². The summed E-state index contributed by atoms with van der Waals surface area (Å²) >= 11 is 0. The lowest BCUT2D eigenvalue weighted by Gasteiger charge is -2.24. The fourth-order valence-corrected chi connectivity index (χ4v) is 2.16. The van der Waals surface area contributed by atoms with Crippen molar-refractivity contribution in [1.29, 1.82) is 0 Å². The second-order valence-corrected chi connectivity index (χ2v) is 5.96. The Kier molecular flexibility index (Phi) is 7.92. The summed E-state index contributed by atoms with van der Waals surface area (Å²) in [4.78, 5) is 45.8. The Hall–Kier alpha value is -2.94. The molecule has 0 aliphatic carbocycles. The maximum atomic E-state index is 12.0. The zero-order chi connectivity index (χ0) is 20.6. The molecule has 1 atom stereocenters. The minimum atomic E-state index is -1.47. The third-order valence-electron chi connectivity index (χ3n) is 4.06. The maximum absolute atomic E-state index is 12.0. The van der Waals surface area contributed by atoms with E-state index in [1.165, 1.54) is 13.2 Å². The largest absolute Gasteiger partial charge is 0.478 e. The molecule has 0 amide bonds. The van der Waals surface area contributed by atoms with Gasteiger partial charge < -0.3 is 24.4 Å². The molecule has 1 rings (SSSR count). The molecule has 0 aliphatic rings. The predicted molar refractivity (Wildman–Crippen MR) is 91.9 cm³/mol. The first kappa shape index (κ1) is 22.1. The van der Waals surface area contributed by atoms with Crippen molar-refractivity contribution in [2.24, 2.45) is 5.41 Å². The molecule has 0 radical (unpaired) electrons. The quantitative estimate of drug-likeness (QED) is 0.459. The van der Waals surface area contributed by atoms with Gasteiger partial charge in [-0.3, -0.25) is 4.79 Å². The van der Waals surface area contributed by atoms with E-state index in [-0.39, 0.29) is 25.4 Å². The van der Waals surface area contributed by atoms with Crippen LogP contribution in [-0.4, -0.2) is 61.0 Å². The van der Waals surface area contributed by atoms with Crippen molar-refractivity contribution in [3.8, 4) is 0 Å². The second kappa shape index (κ2) is 9.67. The van der Waals surface area contributed by atoms with Crippen LogP contribution in [-0.2, 0) is 19.0 Å². The lowest BCUT2D eigenvalue weighted by Crippen LogP contribution is -2.34. The lowest BCUT2D eigenvalue weighted by atomic mass is 9.89. The molecule has 2 N–H and O–H groups in total. The summed E-state index contributed by atoms with van der Waals surface area (Å²) in [7, 11) is 1.29. The van der Waals surface area contributed by atoms with Crippen LogP contribution in [0.3, 0.4) is 0 Å². The molecule has 0 spiro atoms. The van der Waals surface area contributed by atoms with Gasteiger partial charge in [-0.15, -0.1) is 0 Å². The summed E-state index contributed by atoms with van der Waals surface area (Å²) in [6.45, 7) is 3.51. The number of carboxylic acid groups (broad SMARTS) is 2. The van der Waals surface area contributed by atoms with Crippen LogP contribution in [0.2, 0.25) is 0 Å². The third kappa shape index (κ3) is 5.78. The number of carbonyl (C=O) groups excluding carboxylic acids is 2. The second-order valence-electron chi connectivity index (χ2n) is 5.96. The van der Waals surface area contributed by atoms with Crippen LogP contribution < -0.4 is 0 Å². The first-order valence-electron chi connectivity index (χ1n) is 8.10. The van der Waals surface area contributed by atoms with Crippen LogP contribution >= 0.6 is 0 Å². The molecule has 1 aromatic carbocycles. The van der Waals surface area contributed by atoms with Gasteiger partial charge in [0, 0.05) is 0 Å². The minimum absolute atomic E-state index is 0.0251. The van der Waals surface area contributed by atoms with Gasteiger partial charge in [-0.2, -0.15) is 0 Å². The van der Waals surface area contributed by atoms with Crippen LogP contribution in [0, 0.1) is 5.41 Å². The minimum Gasteiger partial charge on any atom is -0.478 e. The number of aromatic carboxylic acids is 2. The Morgan fingerprint density at radius 2 is 1.67 bits per heavy atom. The van der Waals surface area contributed by atoms with E-state index in [1.54, 1.807) is 6.92 Å². The highest BCUT2D eigenvalue weighted by Crippen LogP contribution is 2.23. The molecule has 1 aromatic rings.